The Morgan fingerprint density at radius 2 is 1.62 bits per heavy atom. The molecule has 0 aliphatic carbocycles. The highest BCUT2D eigenvalue weighted by Crippen LogP contribution is 2.16. The smallest absolute Gasteiger partial charge is 0.267 e. The predicted molar refractivity (Wildman–Crippen MR) is 75.7 cm³/mol. The normalized spacial score (nSPS) is 12.0. The summed E-state index contributed by atoms with van der Waals surface area (Å²) in [4.78, 5) is 13.4. The largest absolute Gasteiger partial charge is 0.366 e. The molecule has 112 valence electrons. The van der Waals surface area contributed by atoms with Crippen molar-refractivity contribution >= 4 is 25.7 Å². The number of pyridine rings is 1. The molecule has 2 aromatic rings. The maximum Gasteiger partial charge on any atom is 0.267 e. The van der Waals surface area contributed by atoms with Crippen molar-refractivity contribution in [3.63, 3.8) is 0 Å². The average molecular weight is 329 g/mol. The van der Waals surface area contributed by atoms with Gasteiger partial charge in [-0.3, -0.25) is 9.52 Å². The van der Waals surface area contributed by atoms with Gasteiger partial charge in [-0.25, -0.2) is 22.0 Å². The van der Waals surface area contributed by atoms with Crippen molar-refractivity contribution in [3.05, 3.63) is 52.9 Å². The van der Waals surface area contributed by atoms with Crippen LogP contribution in [0.15, 0.2) is 57.3 Å². The number of H-pyrrole nitrogens is 1. The maximum absolute atomic E-state index is 12.0. The number of hydrogen-bond donors (Lipinski definition) is 3. The van der Waals surface area contributed by atoms with Gasteiger partial charge in [-0.1, -0.05) is 0 Å². The van der Waals surface area contributed by atoms with Gasteiger partial charge in [0.2, 0.25) is 15.5 Å². The van der Waals surface area contributed by atoms with Crippen LogP contribution in [0.3, 0.4) is 0 Å². The molecule has 21 heavy (non-hydrogen) atoms. The van der Waals surface area contributed by atoms with E-state index >= 15 is 0 Å². The van der Waals surface area contributed by atoms with Crippen molar-refractivity contribution in [1.82, 2.24) is 4.98 Å². The second kappa shape index (κ2) is 5.31. The number of hydrogen-bond acceptors (Lipinski definition) is 5. The van der Waals surface area contributed by atoms with Gasteiger partial charge in [0, 0.05) is 24.1 Å². The van der Waals surface area contributed by atoms with Crippen molar-refractivity contribution in [2.75, 3.05) is 4.72 Å². The minimum Gasteiger partial charge on any atom is -0.366 e. The summed E-state index contributed by atoms with van der Waals surface area (Å²) in [5.41, 5.74) is -0.562. The van der Waals surface area contributed by atoms with Crippen molar-refractivity contribution < 1.29 is 16.8 Å². The zero-order valence-electron chi connectivity index (χ0n) is 10.5. The van der Waals surface area contributed by atoms with Crippen molar-refractivity contribution in [3.8, 4) is 0 Å². The molecule has 0 fully saturated rings. The highest BCUT2D eigenvalue weighted by atomic mass is 32.2. The number of nitrogens with two attached hydrogens (primary N) is 1. The van der Waals surface area contributed by atoms with Crippen molar-refractivity contribution in [1.29, 1.82) is 0 Å². The molecule has 0 spiro atoms. The fourth-order valence-corrected chi connectivity index (χ4v) is 3.16. The Morgan fingerprint density at radius 1 is 1.00 bits per heavy atom. The molecule has 0 amide bonds. The zero-order chi connectivity index (χ0) is 15.7. The van der Waals surface area contributed by atoms with Gasteiger partial charge in [0.25, 0.3) is 10.0 Å². The third kappa shape index (κ3) is 3.48. The Morgan fingerprint density at radius 3 is 2.14 bits per heavy atom. The van der Waals surface area contributed by atoms with Crippen LogP contribution in [0.1, 0.15) is 0 Å². The summed E-state index contributed by atoms with van der Waals surface area (Å²) >= 11 is 0. The summed E-state index contributed by atoms with van der Waals surface area (Å²) in [6, 6.07) is 5.85. The van der Waals surface area contributed by atoms with Crippen molar-refractivity contribution in [2.24, 2.45) is 5.14 Å². The third-order valence-corrected chi connectivity index (χ3v) is 4.84. The van der Waals surface area contributed by atoms with E-state index < -0.39 is 30.4 Å². The highest BCUT2D eigenvalue weighted by molar-refractivity contribution is 7.92. The van der Waals surface area contributed by atoms with Crippen molar-refractivity contribution in [2.45, 2.75) is 9.79 Å². The van der Waals surface area contributed by atoms with Crippen LogP contribution in [0.25, 0.3) is 0 Å². The van der Waals surface area contributed by atoms with Crippen LogP contribution in [0.2, 0.25) is 0 Å². The summed E-state index contributed by atoms with van der Waals surface area (Å²) in [6.07, 6.45) is 2.37. The van der Waals surface area contributed by atoms with Crippen LogP contribution >= 0.6 is 0 Å². The summed E-state index contributed by atoms with van der Waals surface area (Å²) in [5.74, 6) is 0. The molecule has 0 bridgehead atoms. The van der Waals surface area contributed by atoms with Crippen LogP contribution in [-0.4, -0.2) is 21.8 Å². The van der Waals surface area contributed by atoms with E-state index in [1.165, 1.54) is 18.3 Å². The van der Waals surface area contributed by atoms with Crippen LogP contribution in [0.4, 0.5) is 5.69 Å². The first-order valence-corrected chi connectivity index (χ1v) is 8.56. The molecule has 1 aromatic carbocycles. The van der Waals surface area contributed by atoms with E-state index in [-0.39, 0.29) is 10.6 Å². The van der Waals surface area contributed by atoms with Gasteiger partial charge in [0.1, 0.15) is 0 Å². The fraction of sp³-hybridized carbons (Fsp3) is 0. The summed E-state index contributed by atoms with van der Waals surface area (Å²) < 4.78 is 48.4. The fourth-order valence-electron chi connectivity index (χ4n) is 1.53. The minimum atomic E-state index is -4.07. The first kappa shape index (κ1) is 15.2. The number of primary sulfonamides is 1. The topological polar surface area (TPSA) is 139 Å². The molecule has 0 radical (unpaired) electrons. The zero-order valence-corrected chi connectivity index (χ0v) is 12.1. The van der Waals surface area contributed by atoms with Crippen LogP contribution < -0.4 is 15.3 Å². The molecule has 0 aliphatic heterocycles. The number of aromatic nitrogens is 1. The number of sulfonamides is 2. The van der Waals surface area contributed by atoms with E-state index in [0.29, 0.717) is 0 Å². The minimum absolute atomic E-state index is 0.102. The molecular formula is C11H11N3O5S2. The van der Waals surface area contributed by atoms with Gasteiger partial charge in [-0.05, 0) is 24.3 Å². The second-order valence-corrected chi connectivity index (χ2v) is 7.26. The van der Waals surface area contributed by atoms with Gasteiger partial charge in [0.15, 0.2) is 4.90 Å². The molecule has 0 aliphatic rings. The molecule has 0 unspecified atom stereocenters. The third-order valence-electron chi connectivity index (χ3n) is 2.51. The lowest BCUT2D eigenvalue weighted by Crippen LogP contribution is -2.21. The summed E-state index contributed by atoms with van der Waals surface area (Å²) in [6.45, 7) is 0. The van der Waals surface area contributed by atoms with E-state index in [1.807, 2.05) is 0 Å². The first-order valence-electron chi connectivity index (χ1n) is 5.53. The SMILES string of the molecule is NS(=O)(=O)c1ccc(NS(=O)(=O)c2c[nH]ccc2=O)cc1. The van der Waals surface area contributed by atoms with Gasteiger partial charge in [0.05, 0.1) is 4.90 Å². The molecule has 0 saturated heterocycles. The molecule has 0 atom stereocenters. The summed E-state index contributed by atoms with van der Waals surface area (Å²) in [7, 11) is -7.92. The maximum atomic E-state index is 12.0. The van der Waals surface area contributed by atoms with E-state index in [1.54, 1.807) is 0 Å². The molecule has 8 nitrogen and oxygen atoms in total. The number of anilines is 1. The van der Waals surface area contributed by atoms with Gasteiger partial charge < -0.3 is 4.98 Å². The van der Waals surface area contributed by atoms with E-state index in [0.717, 1.165) is 24.4 Å². The molecule has 4 N–H and O–H groups in total. The Kier molecular flexibility index (Phi) is 3.85. The lowest BCUT2D eigenvalue weighted by atomic mass is 10.3. The number of aromatic amines is 1. The lowest BCUT2D eigenvalue weighted by Gasteiger charge is -2.07. The molecular weight excluding hydrogens is 318 g/mol. The monoisotopic (exact) mass is 329 g/mol. The molecule has 1 heterocycles. The van der Waals surface area contributed by atoms with Gasteiger partial charge in [-0.15, -0.1) is 0 Å². The van der Waals surface area contributed by atoms with Gasteiger partial charge >= 0.3 is 0 Å². The average Bonchev–Trinajstić information content (AvgIpc) is 2.38. The first-order chi connectivity index (χ1) is 9.70. The van der Waals surface area contributed by atoms with Gasteiger partial charge in [-0.2, -0.15) is 0 Å². The molecule has 0 saturated carbocycles. The van der Waals surface area contributed by atoms with E-state index in [9.17, 15) is 21.6 Å². The lowest BCUT2D eigenvalue weighted by molar-refractivity contribution is 0.597. The Labute approximate surface area is 120 Å². The standard InChI is InChI=1S/C11H11N3O5S2/c12-20(16,17)9-3-1-8(2-4-9)14-21(18,19)11-7-13-6-5-10(11)15/h1-7,14H,(H,13,15)(H2,12,16,17). The molecule has 1 aromatic heterocycles. The second-order valence-electron chi connectivity index (χ2n) is 4.05. The van der Waals surface area contributed by atoms with Crippen LogP contribution in [0.5, 0.6) is 0 Å². The molecule has 10 heteroatoms. The van der Waals surface area contributed by atoms with Crippen LogP contribution in [0, 0.1) is 0 Å². The number of rotatable bonds is 4. The summed E-state index contributed by atoms with van der Waals surface area (Å²) in [5, 5.41) is 4.93. The molecule has 2 rings (SSSR count). The van der Waals surface area contributed by atoms with E-state index in [4.69, 9.17) is 5.14 Å². The Balaban J connectivity index is 2.34. The van der Waals surface area contributed by atoms with E-state index in [2.05, 4.69) is 9.71 Å². The highest BCUT2D eigenvalue weighted by Gasteiger charge is 2.18. The quantitative estimate of drug-likeness (QED) is 0.714. The number of nitrogens with one attached hydrogen (secondary N) is 2. The van der Waals surface area contributed by atoms with Crippen LogP contribution in [-0.2, 0) is 20.0 Å². The predicted octanol–water partition coefficient (Wildman–Crippen LogP) is -0.177. The Hall–Kier alpha value is -2.17. The number of benzene rings is 1. The Bertz CT molecular complexity index is 915.